The van der Waals surface area contributed by atoms with E-state index in [-0.39, 0.29) is 11.1 Å². The van der Waals surface area contributed by atoms with Crippen molar-refractivity contribution in [2.75, 3.05) is 0 Å². The van der Waals surface area contributed by atoms with E-state index in [4.69, 9.17) is 11.6 Å². The van der Waals surface area contributed by atoms with E-state index in [1.165, 1.54) is 12.1 Å². The van der Waals surface area contributed by atoms with Crippen LogP contribution >= 0.6 is 11.6 Å². The maximum absolute atomic E-state index is 13.2. The van der Waals surface area contributed by atoms with Gasteiger partial charge in [0.05, 0.1) is 10.6 Å². The normalized spacial score (nSPS) is 12.4. The number of rotatable bonds is 4. The minimum atomic E-state index is -0.487. The van der Waals surface area contributed by atoms with Crippen molar-refractivity contribution >= 4 is 17.9 Å². The monoisotopic (exact) mass is 280 g/mol. The molecule has 2 aromatic rings. The van der Waals surface area contributed by atoms with Crippen molar-refractivity contribution < 1.29 is 9.18 Å². The molecule has 1 heterocycles. The molecule has 1 aromatic carbocycles. The Morgan fingerprint density at radius 3 is 2.84 bits per heavy atom. The fraction of sp³-hybridized carbons (Fsp3) is 0.286. The summed E-state index contributed by atoms with van der Waals surface area (Å²) in [4.78, 5) is 11.1. The van der Waals surface area contributed by atoms with Gasteiger partial charge < -0.3 is 0 Å². The van der Waals surface area contributed by atoms with Crippen LogP contribution < -0.4 is 0 Å². The second-order valence-corrected chi connectivity index (χ2v) is 4.82. The third-order valence-electron chi connectivity index (χ3n) is 3.12. The number of carbonyl (C=O) groups is 1. The number of halogens is 2. The molecule has 1 atom stereocenters. The Kier molecular flexibility index (Phi) is 4.00. The van der Waals surface area contributed by atoms with E-state index in [1.54, 1.807) is 16.9 Å². The lowest BCUT2D eigenvalue weighted by molar-refractivity contribution is 0.112. The first-order valence-corrected chi connectivity index (χ1v) is 6.44. The van der Waals surface area contributed by atoms with Gasteiger partial charge in [0.25, 0.3) is 0 Å². The zero-order valence-electron chi connectivity index (χ0n) is 10.7. The predicted molar refractivity (Wildman–Crippen MR) is 73.0 cm³/mol. The van der Waals surface area contributed by atoms with Crippen molar-refractivity contribution in [3.8, 4) is 11.3 Å². The van der Waals surface area contributed by atoms with Gasteiger partial charge in [-0.2, -0.15) is 5.10 Å². The van der Waals surface area contributed by atoms with Crippen molar-refractivity contribution in [3.05, 3.63) is 40.8 Å². The summed E-state index contributed by atoms with van der Waals surface area (Å²) in [5, 5.41) is 4.42. The van der Waals surface area contributed by atoms with Gasteiger partial charge in [-0.15, -0.1) is 0 Å². The number of aldehydes is 1. The Hall–Kier alpha value is -1.68. The molecule has 0 aliphatic rings. The number of benzene rings is 1. The van der Waals surface area contributed by atoms with Crippen LogP contribution in [0, 0.1) is 5.82 Å². The molecule has 0 bridgehead atoms. The highest BCUT2D eigenvalue weighted by Gasteiger charge is 2.14. The van der Waals surface area contributed by atoms with Crippen LogP contribution in [0.2, 0.25) is 5.02 Å². The molecule has 0 saturated heterocycles. The second-order valence-electron chi connectivity index (χ2n) is 4.42. The summed E-state index contributed by atoms with van der Waals surface area (Å²) in [6.45, 7) is 4.06. The first kappa shape index (κ1) is 13.7. The molecule has 1 unspecified atom stereocenters. The summed E-state index contributed by atoms with van der Waals surface area (Å²) in [6, 6.07) is 4.52. The molecular weight excluding hydrogens is 267 g/mol. The van der Waals surface area contributed by atoms with Gasteiger partial charge in [-0.25, -0.2) is 4.39 Å². The van der Waals surface area contributed by atoms with Crippen LogP contribution in [0.4, 0.5) is 4.39 Å². The topological polar surface area (TPSA) is 34.9 Å². The molecule has 0 aliphatic heterocycles. The Morgan fingerprint density at radius 1 is 1.53 bits per heavy atom. The smallest absolute Gasteiger partial charge is 0.153 e. The lowest BCUT2D eigenvalue weighted by atomic mass is 10.1. The summed E-state index contributed by atoms with van der Waals surface area (Å²) < 4.78 is 14.9. The van der Waals surface area contributed by atoms with Crippen LogP contribution in [0.1, 0.15) is 36.7 Å². The van der Waals surface area contributed by atoms with Crippen molar-refractivity contribution in [2.45, 2.75) is 26.3 Å². The average Bonchev–Trinajstić information content (AvgIpc) is 2.85. The van der Waals surface area contributed by atoms with Crippen LogP contribution in [0.3, 0.4) is 0 Å². The first-order chi connectivity index (χ1) is 9.06. The predicted octanol–water partition coefficient (Wildman–Crippen LogP) is 4.13. The van der Waals surface area contributed by atoms with Crippen molar-refractivity contribution in [1.82, 2.24) is 9.78 Å². The maximum atomic E-state index is 13.2. The fourth-order valence-corrected chi connectivity index (χ4v) is 1.95. The molecule has 1 aromatic heterocycles. The van der Waals surface area contributed by atoms with Crippen LogP contribution in [0.5, 0.6) is 0 Å². The molecule has 0 saturated carbocycles. The summed E-state index contributed by atoms with van der Waals surface area (Å²) in [5.41, 5.74) is 1.63. The minimum absolute atomic E-state index is 0.0208. The van der Waals surface area contributed by atoms with Gasteiger partial charge in [0.2, 0.25) is 0 Å². The van der Waals surface area contributed by atoms with E-state index in [9.17, 15) is 9.18 Å². The Balaban J connectivity index is 2.51. The van der Waals surface area contributed by atoms with E-state index >= 15 is 0 Å². The first-order valence-electron chi connectivity index (χ1n) is 6.06. The standard InChI is InChI=1S/C14H14ClFN2O/c1-3-9(2)18-7-11(8-19)14(17-18)10-4-5-13(16)12(15)6-10/h4-9H,3H2,1-2H3. The zero-order chi connectivity index (χ0) is 14.0. The van der Waals surface area contributed by atoms with E-state index in [0.717, 1.165) is 12.7 Å². The van der Waals surface area contributed by atoms with Gasteiger partial charge in [-0.05, 0) is 31.5 Å². The molecule has 0 radical (unpaired) electrons. The molecular formula is C14H14ClFN2O. The van der Waals surface area contributed by atoms with Crippen LogP contribution in [0.25, 0.3) is 11.3 Å². The second kappa shape index (κ2) is 5.53. The Labute approximate surface area is 116 Å². The van der Waals surface area contributed by atoms with Crippen LogP contribution in [-0.4, -0.2) is 16.1 Å². The Morgan fingerprint density at radius 2 is 2.26 bits per heavy atom. The van der Waals surface area contributed by atoms with E-state index in [0.29, 0.717) is 16.8 Å². The zero-order valence-corrected chi connectivity index (χ0v) is 11.5. The maximum Gasteiger partial charge on any atom is 0.153 e. The molecule has 2 rings (SSSR count). The Bertz CT molecular complexity index is 609. The van der Waals surface area contributed by atoms with Crippen LogP contribution in [0.15, 0.2) is 24.4 Å². The number of hydrogen-bond donors (Lipinski definition) is 0. The molecule has 100 valence electrons. The SMILES string of the molecule is CCC(C)n1cc(C=O)c(-c2ccc(F)c(Cl)c2)n1. The number of nitrogens with zero attached hydrogens (tertiary/aromatic N) is 2. The molecule has 0 aliphatic carbocycles. The lowest BCUT2D eigenvalue weighted by Crippen LogP contribution is -2.04. The number of hydrogen-bond acceptors (Lipinski definition) is 2. The lowest BCUT2D eigenvalue weighted by Gasteiger charge is -2.08. The quantitative estimate of drug-likeness (QED) is 0.790. The number of aromatic nitrogens is 2. The van der Waals surface area contributed by atoms with Crippen molar-refractivity contribution in [1.29, 1.82) is 0 Å². The van der Waals surface area contributed by atoms with Gasteiger partial charge in [0.15, 0.2) is 6.29 Å². The summed E-state index contributed by atoms with van der Waals surface area (Å²) in [5.74, 6) is -0.487. The average molecular weight is 281 g/mol. The van der Waals surface area contributed by atoms with Crippen molar-refractivity contribution in [3.63, 3.8) is 0 Å². The molecule has 0 amide bonds. The highest BCUT2D eigenvalue weighted by Crippen LogP contribution is 2.27. The van der Waals surface area contributed by atoms with E-state index in [1.807, 2.05) is 13.8 Å². The van der Waals surface area contributed by atoms with Gasteiger partial charge in [-0.3, -0.25) is 9.48 Å². The largest absolute Gasteiger partial charge is 0.298 e. The molecule has 0 spiro atoms. The molecule has 0 fully saturated rings. The van der Waals surface area contributed by atoms with E-state index < -0.39 is 5.82 Å². The highest BCUT2D eigenvalue weighted by atomic mass is 35.5. The van der Waals surface area contributed by atoms with Gasteiger partial charge in [0.1, 0.15) is 11.5 Å². The minimum Gasteiger partial charge on any atom is -0.298 e. The van der Waals surface area contributed by atoms with E-state index in [2.05, 4.69) is 5.10 Å². The fourth-order valence-electron chi connectivity index (χ4n) is 1.77. The summed E-state index contributed by atoms with van der Waals surface area (Å²) in [6.07, 6.45) is 3.36. The van der Waals surface area contributed by atoms with Gasteiger partial charge in [-0.1, -0.05) is 18.5 Å². The van der Waals surface area contributed by atoms with Crippen LogP contribution in [-0.2, 0) is 0 Å². The number of carbonyl (C=O) groups excluding carboxylic acids is 1. The van der Waals surface area contributed by atoms with Gasteiger partial charge in [0, 0.05) is 17.8 Å². The highest BCUT2D eigenvalue weighted by molar-refractivity contribution is 6.31. The molecule has 0 N–H and O–H groups in total. The summed E-state index contributed by atoms with van der Waals surface area (Å²) >= 11 is 5.76. The molecule has 19 heavy (non-hydrogen) atoms. The third-order valence-corrected chi connectivity index (χ3v) is 3.41. The third kappa shape index (κ3) is 2.68. The molecule has 3 nitrogen and oxygen atoms in total. The van der Waals surface area contributed by atoms with Gasteiger partial charge >= 0.3 is 0 Å². The molecule has 5 heteroatoms. The van der Waals surface area contributed by atoms with Crippen molar-refractivity contribution in [2.24, 2.45) is 0 Å². The summed E-state index contributed by atoms with van der Waals surface area (Å²) in [7, 11) is 0.